The standard InChI is InChI=1S/C19H21Cl2NO4/c1-5-24-18(23)14-9(2)22-10(3)15(19-25-11(4)26-19)16(14)12-7-6-8-13(20)17(12)21/h6-8,11,16,19,22H,5H2,1-4H3. The van der Waals surface area contributed by atoms with Crippen LogP contribution in [0.4, 0.5) is 0 Å². The predicted octanol–water partition coefficient (Wildman–Crippen LogP) is 4.51. The van der Waals surface area contributed by atoms with E-state index >= 15 is 0 Å². The highest BCUT2D eigenvalue weighted by molar-refractivity contribution is 6.42. The lowest BCUT2D eigenvalue weighted by atomic mass is 9.79. The molecule has 140 valence electrons. The van der Waals surface area contributed by atoms with E-state index in [0.29, 0.717) is 26.9 Å². The molecule has 0 radical (unpaired) electrons. The number of esters is 1. The molecule has 2 aliphatic heterocycles. The molecule has 26 heavy (non-hydrogen) atoms. The van der Waals surface area contributed by atoms with Gasteiger partial charge in [-0.2, -0.15) is 0 Å². The first-order valence-electron chi connectivity index (χ1n) is 8.45. The van der Waals surface area contributed by atoms with Crippen LogP contribution in [-0.4, -0.2) is 25.2 Å². The van der Waals surface area contributed by atoms with Gasteiger partial charge in [0.1, 0.15) is 0 Å². The summed E-state index contributed by atoms with van der Waals surface area (Å²) in [6.45, 7) is 7.62. The van der Waals surface area contributed by atoms with E-state index in [4.69, 9.17) is 37.4 Å². The lowest BCUT2D eigenvalue weighted by Gasteiger charge is -2.41. The molecule has 2 aliphatic rings. The molecule has 1 saturated heterocycles. The van der Waals surface area contributed by atoms with Crippen LogP contribution in [-0.2, 0) is 19.0 Å². The first kappa shape index (κ1) is 19.2. The van der Waals surface area contributed by atoms with Gasteiger partial charge in [-0.25, -0.2) is 4.79 Å². The van der Waals surface area contributed by atoms with Crippen LogP contribution < -0.4 is 5.32 Å². The monoisotopic (exact) mass is 397 g/mol. The molecule has 0 bridgehead atoms. The lowest BCUT2D eigenvalue weighted by molar-refractivity contribution is -0.360. The summed E-state index contributed by atoms with van der Waals surface area (Å²) < 4.78 is 16.7. The molecule has 0 aliphatic carbocycles. The fraction of sp³-hybridized carbons (Fsp3) is 0.421. The number of dihydropyridines is 1. The van der Waals surface area contributed by atoms with Crippen LogP contribution >= 0.6 is 23.2 Å². The summed E-state index contributed by atoms with van der Waals surface area (Å²) in [5.41, 5.74) is 3.54. The normalized spacial score (nSPS) is 25.7. The zero-order chi connectivity index (χ0) is 19.0. The van der Waals surface area contributed by atoms with Crippen LogP contribution in [0.15, 0.2) is 40.7 Å². The van der Waals surface area contributed by atoms with Gasteiger partial charge < -0.3 is 19.5 Å². The fourth-order valence-corrected chi connectivity index (χ4v) is 3.79. The van der Waals surface area contributed by atoms with Gasteiger partial charge >= 0.3 is 5.97 Å². The third kappa shape index (κ3) is 3.37. The second-order valence-corrected chi connectivity index (χ2v) is 7.00. The van der Waals surface area contributed by atoms with Gasteiger partial charge in [-0.3, -0.25) is 0 Å². The molecule has 1 unspecified atom stereocenters. The van der Waals surface area contributed by atoms with Crippen LogP contribution in [0.5, 0.6) is 0 Å². The van der Waals surface area contributed by atoms with E-state index in [9.17, 15) is 4.79 Å². The van der Waals surface area contributed by atoms with Crippen LogP contribution in [0, 0.1) is 0 Å². The summed E-state index contributed by atoms with van der Waals surface area (Å²) in [4.78, 5) is 12.7. The second-order valence-electron chi connectivity index (χ2n) is 6.21. The van der Waals surface area contributed by atoms with Gasteiger partial charge in [0.05, 0.1) is 22.2 Å². The van der Waals surface area contributed by atoms with Gasteiger partial charge in [0.2, 0.25) is 0 Å². The molecule has 1 aromatic carbocycles. The maximum Gasteiger partial charge on any atom is 0.336 e. The van der Waals surface area contributed by atoms with Gasteiger partial charge in [0.25, 0.3) is 0 Å². The van der Waals surface area contributed by atoms with Crippen molar-refractivity contribution in [2.75, 3.05) is 6.61 Å². The number of rotatable bonds is 4. The summed E-state index contributed by atoms with van der Waals surface area (Å²) in [5.74, 6) is -0.880. The first-order chi connectivity index (χ1) is 12.3. The number of hydrogen-bond donors (Lipinski definition) is 1. The SMILES string of the molecule is CCOC(=O)C1=C(C)NC(C)=C(C2OC(C)O2)C1c1cccc(Cl)c1Cl. The molecule has 0 spiro atoms. The van der Waals surface area contributed by atoms with Gasteiger partial charge in [-0.1, -0.05) is 35.3 Å². The van der Waals surface area contributed by atoms with E-state index in [2.05, 4.69) is 5.32 Å². The molecular formula is C19H21Cl2NO4. The van der Waals surface area contributed by atoms with E-state index in [1.165, 1.54) is 0 Å². The number of carbonyl (C=O) groups is 1. The minimum Gasteiger partial charge on any atom is -0.463 e. The summed E-state index contributed by atoms with van der Waals surface area (Å²) in [6.07, 6.45) is -0.857. The Labute approximate surface area is 162 Å². The van der Waals surface area contributed by atoms with Gasteiger partial charge in [0, 0.05) is 22.9 Å². The molecule has 7 heteroatoms. The molecule has 1 aromatic rings. The van der Waals surface area contributed by atoms with Crippen molar-refractivity contribution in [1.82, 2.24) is 5.32 Å². The Bertz CT molecular complexity index is 797. The van der Waals surface area contributed by atoms with Crippen molar-refractivity contribution >= 4 is 29.2 Å². The Balaban J connectivity index is 2.16. The highest BCUT2D eigenvalue weighted by atomic mass is 35.5. The molecule has 1 atom stereocenters. The quantitative estimate of drug-likeness (QED) is 0.757. The smallest absolute Gasteiger partial charge is 0.336 e. The van der Waals surface area contributed by atoms with Crippen LogP contribution in [0.2, 0.25) is 10.0 Å². The van der Waals surface area contributed by atoms with Crippen molar-refractivity contribution < 1.29 is 19.0 Å². The van der Waals surface area contributed by atoms with E-state index in [1.807, 2.05) is 32.9 Å². The van der Waals surface area contributed by atoms with Gasteiger partial charge in [0.15, 0.2) is 12.6 Å². The molecular weight excluding hydrogens is 377 g/mol. The highest BCUT2D eigenvalue weighted by Crippen LogP contribution is 2.46. The number of nitrogens with one attached hydrogen (secondary N) is 1. The van der Waals surface area contributed by atoms with E-state index in [-0.39, 0.29) is 12.9 Å². The van der Waals surface area contributed by atoms with Gasteiger partial charge in [-0.05, 0) is 39.3 Å². The van der Waals surface area contributed by atoms with Crippen LogP contribution in [0.3, 0.4) is 0 Å². The largest absolute Gasteiger partial charge is 0.463 e. The Hall–Kier alpha value is -1.53. The first-order valence-corrected chi connectivity index (χ1v) is 9.21. The minimum absolute atomic E-state index is 0.275. The molecule has 0 saturated carbocycles. The fourth-order valence-electron chi connectivity index (χ4n) is 3.37. The minimum atomic E-state index is -0.560. The zero-order valence-corrected chi connectivity index (χ0v) is 16.6. The van der Waals surface area contributed by atoms with E-state index in [0.717, 1.165) is 11.3 Å². The molecule has 0 aromatic heterocycles. The molecule has 1 N–H and O–H groups in total. The van der Waals surface area contributed by atoms with Crippen molar-refractivity contribution in [1.29, 1.82) is 0 Å². The molecule has 0 amide bonds. The second kappa shape index (κ2) is 7.61. The maximum atomic E-state index is 12.7. The van der Waals surface area contributed by atoms with Crippen molar-refractivity contribution in [2.45, 2.75) is 46.2 Å². The molecule has 2 heterocycles. The Morgan fingerprint density at radius 2 is 1.92 bits per heavy atom. The summed E-state index contributed by atoms with van der Waals surface area (Å²) in [5, 5.41) is 4.06. The number of halogens is 2. The van der Waals surface area contributed by atoms with Crippen molar-refractivity contribution in [3.63, 3.8) is 0 Å². The zero-order valence-electron chi connectivity index (χ0n) is 15.1. The lowest BCUT2D eigenvalue weighted by Crippen LogP contribution is -2.45. The summed E-state index contributed by atoms with van der Waals surface area (Å²) >= 11 is 12.7. The Morgan fingerprint density at radius 3 is 2.54 bits per heavy atom. The third-order valence-electron chi connectivity index (χ3n) is 4.48. The van der Waals surface area contributed by atoms with Crippen LogP contribution in [0.1, 0.15) is 39.2 Å². The predicted molar refractivity (Wildman–Crippen MR) is 99.8 cm³/mol. The average Bonchev–Trinajstić information content (AvgIpc) is 2.54. The Kier molecular flexibility index (Phi) is 5.63. The molecule has 1 fully saturated rings. The number of carbonyl (C=O) groups excluding carboxylic acids is 1. The van der Waals surface area contributed by atoms with E-state index in [1.54, 1.807) is 13.0 Å². The number of allylic oxidation sites excluding steroid dienone is 2. The van der Waals surface area contributed by atoms with Gasteiger partial charge in [-0.15, -0.1) is 0 Å². The third-order valence-corrected chi connectivity index (χ3v) is 5.32. The number of benzene rings is 1. The number of ether oxygens (including phenoxy) is 3. The molecule has 5 nitrogen and oxygen atoms in total. The number of hydrogen-bond acceptors (Lipinski definition) is 5. The molecule has 3 rings (SSSR count). The van der Waals surface area contributed by atoms with Crippen molar-refractivity contribution in [3.8, 4) is 0 Å². The Morgan fingerprint density at radius 1 is 1.23 bits per heavy atom. The van der Waals surface area contributed by atoms with Crippen molar-refractivity contribution in [2.24, 2.45) is 0 Å². The van der Waals surface area contributed by atoms with E-state index < -0.39 is 18.2 Å². The highest BCUT2D eigenvalue weighted by Gasteiger charge is 2.43. The average molecular weight is 398 g/mol. The maximum absolute atomic E-state index is 12.7. The van der Waals surface area contributed by atoms with Crippen molar-refractivity contribution in [3.05, 3.63) is 56.3 Å². The topological polar surface area (TPSA) is 56.8 Å². The summed E-state index contributed by atoms with van der Waals surface area (Å²) in [6, 6.07) is 5.37. The van der Waals surface area contributed by atoms with Crippen LogP contribution in [0.25, 0.3) is 0 Å². The summed E-state index contributed by atoms with van der Waals surface area (Å²) in [7, 11) is 0.